The summed E-state index contributed by atoms with van der Waals surface area (Å²) in [5.41, 5.74) is 2.98. The largest absolute Gasteiger partial charge is 0.507 e. The summed E-state index contributed by atoms with van der Waals surface area (Å²) < 4.78 is 23.0. The molecular formula is C35H31NO7. The minimum absolute atomic E-state index is 0.00486. The standard InChI is InChI=1S/C35H31NO7/c1-40-29-20-25(12-14-27(29)43-22-24-10-6-3-7-11-24)32-31(33(37)26-13-15-28-30(21-26)42-19-18-41-28)34(38)35(39)36(32)17-16-23-8-4-2-5-9-23/h2-15,20-21,32,37H,16-19,22H2,1H3/t32-/m1/s1. The van der Waals surface area contributed by atoms with Crippen LogP contribution in [0, 0.1) is 0 Å². The van der Waals surface area contributed by atoms with E-state index in [0.29, 0.717) is 60.4 Å². The summed E-state index contributed by atoms with van der Waals surface area (Å²) in [6.07, 6.45) is 0.532. The zero-order valence-corrected chi connectivity index (χ0v) is 23.7. The molecule has 4 aromatic carbocycles. The number of aliphatic hydroxyl groups is 1. The van der Waals surface area contributed by atoms with Crippen LogP contribution in [0.4, 0.5) is 0 Å². The summed E-state index contributed by atoms with van der Waals surface area (Å²) in [6.45, 7) is 1.42. The smallest absolute Gasteiger partial charge is 0.295 e. The Kier molecular flexibility index (Phi) is 8.00. The number of ether oxygens (including phenoxy) is 4. The van der Waals surface area contributed by atoms with Gasteiger partial charge in [-0.25, -0.2) is 0 Å². The molecule has 2 aliphatic heterocycles. The van der Waals surface area contributed by atoms with Gasteiger partial charge >= 0.3 is 0 Å². The molecule has 43 heavy (non-hydrogen) atoms. The molecule has 2 heterocycles. The number of hydrogen-bond acceptors (Lipinski definition) is 7. The molecule has 1 N–H and O–H groups in total. The van der Waals surface area contributed by atoms with E-state index in [1.165, 1.54) is 12.0 Å². The highest BCUT2D eigenvalue weighted by atomic mass is 16.6. The maximum atomic E-state index is 13.6. The van der Waals surface area contributed by atoms with E-state index in [0.717, 1.165) is 11.1 Å². The number of ketones is 1. The molecule has 2 aliphatic rings. The molecule has 8 nitrogen and oxygen atoms in total. The van der Waals surface area contributed by atoms with Gasteiger partial charge in [0.2, 0.25) is 0 Å². The first-order chi connectivity index (χ1) is 21.0. The number of aliphatic hydroxyl groups excluding tert-OH is 1. The molecule has 0 saturated carbocycles. The molecule has 1 saturated heterocycles. The summed E-state index contributed by atoms with van der Waals surface area (Å²) in [7, 11) is 1.54. The van der Waals surface area contributed by atoms with Crippen molar-refractivity contribution < 1.29 is 33.6 Å². The number of hydrogen-bond donors (Lipinski definition) is 1. The molecule has 1 atom stereocenters. The van der Waals surface area contributed by atoms with Gasteiger partial charge in [0.25, 0.3) is 11.7 Å². The molecule has 1 amide bonds. The van der Waals surface area contributed by atoms with Gasteiger partial charge < -0.3 is 29.0 Å². The van der Waals surface area contributed by atoms with E-state index in [4.69, 9.17) is 18.9 Å². The molecule has 8 heteroatoms. The molecule has 1 fully saturated rings. The second-order valence-electron chi connectivity index (χ2n) is 10.3. The number of carbonyl (C=O) groups excluding carboxylic acids is 2. The Labute approximate surface area is 249 Å². The third-order valence-electron chi connectivity index (χ3n) is 7.58. The maximum absolute atomic E-state index is 13.6. The van der Waals surface area contributed by atoms with Crippen molar-refractivity contribution in [2.75, 3.05) is 26.9 Å². The number of rotatable bonds is 9. The maximum Gasteiger partial charge on any atom is 0.295 e. The number of benzene rings is 4. The molecule has 0 spiro atoms. The number of Topliss-reactive ketones (excluding diaryl/α,β-unsaturated/α-hetero) is 1. The number of nitrogens with zero attached hydrogens (tertiary/aromatic N) is 1. The summed E-state index contributed by atoms with van der Waals surface area (Å²) in [5, 5.41) is 11.6. The van der Waals surface area contributed by atoms with Crippen molar-refractivity contribution in [1.82, 2.24) is 4.90 Å². The lowest BCUT2D eigenvalue weighted by atomic mass is 9.94. The normalized spacial score (nSPS) is 17.1. The molecule has 0 bridgehead atoms. The van der Waals surface area contributed by atoms with Crippen LogP contribution in [-0.4, -0.2) is 48.6 Å². The van der Waals surface area contributed by atoms with E-state index in [1.807, 2.05) is 60.7 Å². The number of amides is 1. The molecular weight excluding hydrogens is 546 g/mol. The summed E-state index contributed by atoms with van der Waals surface area (Å²) >= 11 is 0. The molecule has 218 valence electrons. The second kappa shape index (κ2) is 12.3. The van der Waals surface area contributed by atoms with Crippen LogP contribution in [-0.2, 0) is 22.6 Å². The summed E-state index contributed by atoms with van der Waals surface area (Å²) in [5.74, 6) is 0.262. The van der Waals surface area contributed by atoms with Crippen LogP contribution in [0.5, 0.6) is 23.0 Å². The van der Waals surface area contributed by atoms with E-state index in [-0.39, 0.29) is 17.9 Å². The average molecular weight is 578 g/mol. The average Bonchev–Trinajstić information content (AvgIpc) is 3.31. The van der Waals surface area contributed by atoms with Gasteiger partial charge in [0.15, 0.2) is 23.0 Å². The highest BCUT2D eigenvalue weighted by Crippen LogP contribution is 2.43. The van der Waals surface area contributed by atoms with Crippen LogP contribution in [0.3, 0.4) is 0 Å². The third kappa shape index (κ3) is 5.77. The Hall–Kier alpha value is -5.24. The van der Waals surface area contributed by atoms with Gasteiger partial charge in [-0.3, -0.25) is 9.59 Å². The fraction of sp³-hybridized carbons (Fsp3) is 0.200. The van der Waals surface area contributed by atoms with Crippen LogP contribution in [0.2, 0.25) is 0 Å². The molecule has 6 rings (SSSR count). The van der Waals surface area contributed by atoms with Crippen molar-refractivity contribution in [2.24, 2.45) is 0 Å². The van der Waals surface area contributed by atoms with E-state index in [1.54, 1.807) is 36.4 Å². The van der Waals surface area contributed by atoms with E-state index in [2.05, 4.69) is 0 Å². The summed E-state index contributed by atoms with van der Waals surface area (Å²) in [4.78, 5) is 28.6. The van der Waals surface area contributed by atoms with Crippen LogP contribution >= 0.6 is 0 Å². The van der Waals surface area contributed by atoms with Crippen molar-refractivity contribution in [3.8, 4) is 23.0 Å². The van der Waals surface area contributed by atoms with Crippen LogP contribution < -0.4 is 18.9 Å². The fourth-order valence-corrected chi connectivity index (χ4v) is 5.41. The quantitative estimate of drug-likeness (QED) is 0.155. The Bertz CT molecular complexity index is 1670. The first kappa shape index (κ1) is 27.9. The van der Waals surface area contributed by atoms with Crippen LogP contribution in [0.25, 0.3) is 5.76 Å². The minimum atomic E-state index is -0.853. The molecule has 0 unspecified atom stereocenters. The van der Waals surface area contributed by atoms with Crippen molar-refractivity contribution in [3.63, 3.8) is 0 Å². The minimum Gasteiger partial charge on any atom is -0.507 e. The van der Waals surface area contributed by atoms with Crippen LogP contribution in [0.15, 0.2) is 103 Å². The van der Waals surface area contributed by atoms with Crippen molar-refractivity contribution in [3.05, 3.63) is 125 Å². The zero-order valence-electron chi connectivity index (χ0n) is 23.7. The van der Waals surface area contributed by atoms with E-state index in [9.17, 15) is 14.7 Å². The first-order valence-electron chi connectivity index (χ1n) is 14.1. The van der Waals surface area contributed by atoms with Crippen molar-refractivity contribution >= 4 is 17.4 Å². The van der Waals surface area contributed by atoms with Gasteiger partial charge in [0, 0.05) is 12.1 Å². The molecule has 0 aromatic heterocycles. The Morgan fingerprint density at radius 2 is 1.53 bits per heavy atom. The number of likely N-dealkylation sites (tertiary alicyclic amines) is 1. The monoisotopic (exact) mass is 577 g/mol. The predicted molar refractivity (Wildman–Crippen MR) is 160 cm³/mol. The Morgan fingerprint density at radius 3 is 2.26 bits per heavy atom. The Morgan fingerprint density at radius 1 is 0.837 bits per heavy atom. The number of fused-ring (bicyclic) bond motifs is 1. The fourth-order valence-electron chi connectivity index (χ4n) is 5.41. The Balaban J connectivity index is 1.39. The lowest BCUT2D eigenvalue weighted by Crippen LogP contribution is -2.31. The van der Waals surface area contributed by atoms with Gasteiger partial charge in [-0.05, 0) is 53.4 Å². The van der Waals surface area contributed by atoms with Crippen molar-refractivity contribution in [1.29, 1.82) is 0 Å². The number of methoxy groups -OCH3 is 1. The predicted octanol–water partition coefficient (Wildman–Crippen LogP) is 5.71. The highest BCUT2D eigenvalue weighted by Gasteiger charge is 2.46. The number of carbonyl (C=O) groups is 2. The SMILES string of the molecule is COc1cc([C@@H]2C(=C(O)c3ccc4c(c3)OCCO4)C(=O)C(=O)N2CCc2ccccc2)ccc1OCc1ccccc1. The van der Waals surface area contributed by atoms with Gasteiger partial charge in [-0.2, -0.15) is 0 Å². The molecule has 0 aliphatic carbocycles. The lowest BCUT2D eigenvalue weighted by molar-refractivity contribution is -0.139. The highest BCUT2D eigenvalue weighted by molar-refractivity contribution is 6.46. The third-order valence-corrected chi connectivity index (χ3v) is 7.58. The van der Waals surface area contributed by atoms with Crippen molar-refractivity contribution in [2.45, 2.75) is 19.1 Å². The van der Waals surface area contributed by atoms with Gasteiger partial charge in [-0.15, -0.1) is 0 Å². The molecule has 4 aromatic rings. The van der Waals surface area contributed by atoms with Gasteiger partial charge in [-0.1, -0.05) is 66.7 Å². The first-order valence-corrected chi connectivity index (χ1v) is 14.1. The van der Waals surface area contributed by atoms with Gasteiger partial charge in [0.05, 0.1) is 18.7 Å². The van der Waals surface area contributed by atoms with Gasteiger partial charge in [0.1, 0.15) is 25.6 Å². The topological polar surface area (TPSA) is 94.5 Å². The molecule has 0 radical (unpaired) electrons. The summed E-state index contributed by atoms with van der Waals surface area (Å²) in [6, 6.07) is 28.9. The van der Waals surface area contributed by atoms with E-state index < -0.39 is 17.7 Å². The lowest BCUT2D eigenvalue weighted by Gasteiger charge is -2.26. The second-order valence-corrected chi connectivity index (χ2v) is 10.3. The van der Waals surface area contributed by atoms with E-state index >= 15 is 0 Å². The van der Waals surface area contributed by atoms with Crippen LogP contribution in [0.1, 0.15) is 28.3 Å². The zero-order chi connectivity index (χ0) is 29.8.